The van der Waals surface area contributed by atoms with E-state index < -0.39 is 0 Å². The van der Waals surface area contributed by atoms with E-state index in [-0.39, 0.29) is 18.0 Å². The molecule has 0 N–H and O–H groups in total. The van der Waals surface area contributed by atoms with Gasteiger partial charge in [0.2, 0.25) is 0 Å². The van der Waals surface area contributed by atoms with Crippen molar-refractivity contribution in [2.75, 3.05) is 0 Å². The fraction of sp³-hybridized carbons (Fsp3) is 0.643. The van der Waals surface area contributed by atoms with E-state index in [2.05, 4.69) is 13.0 Å². The Balaban J connectivity index is 2.01. The zero-order valence-electron chi connectivity index (χ0n) is 9.95. The Morgan fingerprint density at radius 3 is 3.00 bits per heavy atom. The smallest absolute Gasteiger partial charge is 0.309 e. The van der Waals surface area contributed by atoms with E-state index >= 15 is 0 Å². The third kappa shape index (κ3) is 1.28. The number of hydrogen-bond donors (Lipinski definition) is 0. The van der Waals surface area contributed by atoms with Gasteiger partial charge in [-0.2, -0.15) is 0 Å². The highest BCUT2D eigenvalue weighted by Crippen LogP contribution is 2.46. The van der Waals surface area contributed by atoms with Crippen LogP contribution in [-0.2, 0) is 9.53 Å². The van der Waals surface area contributed by atoms with E-state index in [0.29, 0.717) is 5.92 Å². The highest BCUT2D eigenvalue weighted by Gasteiger charge is 2.47. The molecule has 0 aromatic rings. The quantitative estimate of drug-likeness (QED) is 0.584. The molecule has 2 aliphatic carbocycles. The maximum atomic E-state index is 11.7. The lowest BCUT2D eigenvalue weighted by Crippen LogP contribution is -2.29. The van der Waals surface area contributed by atoms with E-state index in [1.54, 1.807) is 0 Å². The molecule has 1 aliphatic heterocycles. The maximum absolute atomic E-state index is 11.7. The Bertz CT molecular complexity index is 403. The van der Waals surface area contributed by atoms with Crippen LogP contribution in [0, 0.1) is 11.8 Å². The third-order valence-corrected chi connectivity index (χ3v) is 4.39. The van der Waals surface area contributed by atoms with Crippen LogP contribution in [0.15, 0.2) is 22.8 Å². The van der Waals surface area contributed by atoms with Gasteiger partial charge in [0.1, 0.15) is 6.10 Å². The van der Waals surface area contributed by atoms with Crippen LogP contribution in [0.25, 0.3) is 0 Å². The monoisotopic (exact) mass is 218 g/mol. The van der Waals surface area contributed by atoms with E-state index in [1.165, 1.54) is 16.7 Å². The van der Waals surface area contributed by atoms with Crippen LogP contribution in [0.4, 0.5) is 0 Å². The average molecular weight is 218 g/mol. The standard InChI is InChI=1S/C14H18O2/c1-8-4-3-5-10-6-7-11-9(2)14(15)16-13(11)12(8)10/h5,9,11,13H,3-4,6-7H2,1-2H3/t9-,11-,13-/m0/s1. The van der Waals surface area contributed by atoms with Crippen molar-refractivity contribution in [3.8, 4) is 0 Å². The number of carbonyl (C=O) groups excluding carboxylic acids is 1. The van der Waals surface area contributed by atoms with Crippen LogP contribution in [0.2, 0.25) is 0 Å². The number of allylic oxidation sites excluding steroid dienone is 2. The first-order valence-electron chi connectivity index (χ1n) is 6.28. The molecule has 86 valence electrons. The lowest BCUT2D eigenvalue weighted by Gasteiger charge is -2.33. The maximum Gasteiger partial charge on any atom is 0.309 e. The first-order chi connectivity index (χ1) is 7.68. The second-order valence-corrected chi connectivity index (χ2v) is 5.31. The number of ether oxygens (including phenoxy) is 1. The molecule has 0 bridgehead atoms. The normalized spacial score (nSPS) is 37.8. The molecule has 0 aromatic carbocycles. The molecule has 0 amide bonds. The van der Waals surface area contributed by atoms with E-state index in [0.717, 1.165) is 25.7 Å². The molecule has 3 rings (SSSR count). The number of esters is 1. The third-order valence-electron chi connectivity index (χ3n) is 4.39. The molecular weight excluding hydrogens is 200 g/mol. The number of hydrogen-bond acceptors (Lipinski definition) is 2. The lowest BCUT2D eigenvalue weighted by molar-refractivity contribution is -0.142. The van der Waals surface area contributed by atoms with Crippen LogP contribution in [0.5, 0.6) is 0 Å². The van der Waals surface area contributed by atoms with Gasteiger partial charge in [-0.15, -0.1) is 0 Å². The van der Waals surface area contributed by atoms with E-state index in [9.17, 15) is 4.79 Å². The highest BCUT2D eigenvalue weighted by molar-refractivity contribution is 5.76. The number of rotatable bonds is 0. The van der Waals surface area contributed by atoms with Crippen molar-refractivity contribution in [1.82, 2.24) is 0 Å². The largest absolute Gasteiger partial charge is 0.457 e. The number of carbonyl (C=O) groups is 1. The van der Waals surface area contributed by atoms with Gasteiger partial charge in [0.25, 0.3) is 0 Å². The summed E-state index contributed by atoms with van der Waals surface area (Å²) in [6.07, 6.45) is 6.95. The van der Waals surface area contributed by atoms with Gasteiger partial charge < -0.3 is 4.74 Å². The van der Waals surface area contributed by atoms with Crippen molar-refractivity contribution in [3.63, 3.8) is 0 Å². The first kappa shape index (κ1) is 10.1. The summed E-state index contributed by atoms with van der Waals surface area (Å²) in [4.78, 5) is 11.7. The molecular formula is C14H18O2. The minimum absolute atomic E-state index is 0.00197. The predicted octanol–water partition coefficient (Wildman–Crippen LogP) is 2.99. The van der Waals surface area contributed by atoms with Crippen LogP contribution in [0.1, 0.15) is 39.5 Å². The van der Waals surface area contributed by atoms with E-state index in [4.69, 9.17) is 4.74 Å². The van der Waals surface area contributed by atoms with Gasteiger partial charge in [-0.25, -0.2) is 0 Å². The van der Waals surface area contributed by atoms with Crippen molar-refractivity contribution in [2.45, 2.75) is 45.6 Å². The topological polar surface area (TPSA) is 26.3 Å². The fourth-order valence-electron chi connectivity index (χ4n) is 3.40. The Morgan fingerprint density at radius 1 is 1.38 bits per heavy atom. The van der Waals surface area contributed by atoms with Crippen molar-refractivity contribution in [2.24, 2.45) is 11.8 Å². The molecule has 0 radical (unpaired) electrons. The summed E-state index contributed by atoms with van der Waals surface area (Å²) in [6.45, 7) is 4.21. The number of fused-ring (bicyclic) bond motifs is 3. The Morgan fingerprint density at radius 2 is 2.19 bits per heavy atom. The highest BCUT2D eigenvalue weighted by atomic mass is 16.6. The molecule has 3 atom stereocenters. The summed E-state index contributed by atoms with van der Waals surface area (Å²) >= 11 is 0. The zero-order valence-corrected chi connectivity index (χ0v) is 9.95. The van der Waals surface area contributed by atoms with Gasteiger partial charge in [0.15, 0.2) is 0 Å². The summed E-state index contributed by atoms with van der Waals surface area (Å²) in [7, 11) is 0. The Labute approximate surface area is 96.4 Å². The molecule has 3 aliphatic rings. The average Bonchev–Trinajstić information content (AvgIpc) is 2.55. The van der Waals surface area contributed by atoms with Gasteiger partial charge in [0, 0.05) is 5.92 Å². The van der Waals surface area contributed by atoms with Gasteiger partial charge >= 0.3 is 5.97 Å². The van der Waals surface area contributed by atoms with Crippen molar-refractivity contribution in [1.29, 1.82) is 0 Å². The van der Waals surface area contributed by atoms with Crippen molar-refractivity contribution >= 4 is 5.97 Å². The van der Waals surface area contributed by atoms with Gasteiger partial charge in [0.05, 0.1) is 5.92 Å². The second-order valence-electron chi connectivity index (χ2n) is 5.31. The molecule has 1 saturated heterocycles. The fourth-order valence-corrected chi connectivity index (χ4v) is 3.40. The van der Waals surface area contributed by atoms with Crippen molar-refractivity contribution in [3.05, 3.63) is 22.8 Å². The second kappa shape index (κ2) is 3.47. The summed E-state index contributed by atoms with van der Waals surface area (Å²) in [5.74, 6) is 0.517. The van der Waals surface area contributed by atoms with Crippen LogP contribution < -0.4 is 0 Å². The molecule has 0 aromatic heterocycles. The molecule has 0 unspecified atom stereocenters. The SMILES string of the molecule is CC1=C2C(=CCC1)CC[C@H]1[C@H](C)C(=O)O[C@H]21. The van der Waals surface area contributed by atoms with Gasteiger partial charge in [-0.05, 0) is 43.8 Å². The summed E-state index contributed by atoms with van der Waals surface area (Å²) < 4.78 is 5.58. The van der Waals surface area contributed by atoms with Crippen LogP contribution in [-0.4, -0.2) is 12.1 Å². The summed E-state index contributed by atoms with van der Waals surface area (Å²) in [6, 6.07) is 0. The van der Waals surface area contributed by atoms with Crippen LogP contribution >= 0.6 is 0 Å². The summed E-state index contributed by atoms with van der Waals surface area (Å²) in [5, 5.41) is 0. The molecule has 16 heavy (non-hydrogen) atoms. The molecule has 0 spiro atoms. The lowest BCUT2D eigenvalue weighted by atomic mass is 9.72. The van der Waals surface area contributed by atoms with Crippen molar-refractivity contribution < 1.29 is 9.53 Å². The minimum Gasteiger partial charge on any atom is -0.457 e. The Hall–Kier alpha value is -1.05. The molecule has 2 fully saturated rings. The zero-order chi connectivity index (χ0) is 11.3. The Kier molecular flexibility index (Phi) is 2.20. The van der Waals surface area contributed by atoms with Gasteiger partial charge in [-0.1, -0.05) is 18.6 Å². The molecule has 1 heterocycles. The molecule has 1 saturated carbocycles. The molecule has 2 nitrogen and oxygen atoms in total. The minimum atomic E-state index is 0.00197. The summed E-state index contributed by atoms with van der Waals surface area (Å²) in [5.41, 5.74) is 4.25. The van der Waals surface area contributed by atoms with E-state index in [1.807, 2.05) is 6.92 Å². The van der Waals surface area contributed by atoms with Crippen LogP contribution in [0.3, 0.4) is 0 Å². The first-order valence-corrected chi connectivity index (χ1v) is 6.28. The molecule has 2 heteroatoms. The van der Waals surface area contributed by atoms with Gasteiger partial charge in [-0.3, -0.25) is 4.79 Å². The predicted molar refractivity (Wildman–Crippen MR) is 61.8 cm³/mol.